The van der Waals surface area contributed by atoms with Crippen LogP contribution in [-0.2, 0) is 4.74 Å². The van der Waals surface area contributed by atoms with Crippen LogP contribution in [0.5, 0.6) is 0 Å². The van der Waals surface area contributed by atoms with Crippen molar-refractivity contribution in [2.45, 2.75) is 18.7 Å². The lowest BCUT2D eigenvalue weighted by Crippen LogP contribution is -2.50. The van der Waals surface area contributed by atoms with Gasteiger partial charge in [0.25, 0.3) is 0 Å². The second kappa shape index (κ2) is 8.08. The number of pyridine rings is 1. The summed E-state index contributed by atoms with van der Waals surface area (Å²) in [6.45, 7) is 1.91. The zero-order valence-corrected chi connectivity index (χ0v) is 15.7. The first-order valence-corrected chi connectivity index (χ1v) is 9.36. The van der Waals surface area contributed by atoms with Crippen LogP contribution >= 0.6 is 0 Å². The number of aromatic nitrogens is 1. The molecule has 0 bridgehead atoms. The highest BCUT2D eigenvalue weighted by Crippen LogP contribution is 2.30. The number of aliphatic hydroxyl groups excluding tert-OH is 1. The fourth-order valence-electron chi connectivity index (χ4n) is 3.56. The number of guanidine groups is 1. The van der Waals surface area contributed by atoms with Crippen LogP contribution in [0.25, 0.3) is 5.70 Å². The van der Waals surface area contributed by atoms with Crippen molar-refractivity contribution in [1.29, 1.82) is 0 Å². The molecule has 6 nitrogen and oxygen atoms in total. The number of hydrogen-bond donors (Lipinski definition) is 1. The minimum atomic E-state index is -0.907. The van der Waals surface area contributed by atoms with Crippen LogP contribution in [0, 0.1) is 5.82 Å². The average molecular weight is 382 g/mol. The molecule has 0 radical (unpaired) electrons. The fraction of sp³-hybridized carbons (Fsp3) is 0.333. The number of hydrogen-bond acceptors (Lipinski definition) is 6. The molecule has 1 aromatic carbocycles. The third kappa shape index (κ3) is 3.63. The third-order valence-corrected chi connectivity index (χ3v) is 5.07. The van der Waals surface area contributed by atoms with E-state index < -0.39 is 12.0 Å². The van der Waals surface area contributed by atoms with Gasteiger partial charge in [0.1, 0.15) is 0 Å². The summed E-state index contributed by atoms with van der Waals surface area (Å²) in [7, 11) is 1.79. The molecule has 28 heavy (non-hydrogen) atoms. The minimum Gasteiger partial charge on any atom is -0.379 e. The lowest BCUT2D eigenvalue weighted by Gasteiger charge is -2.39. The predicted octanol–water partition coefficient (Wildman–Crippen LogP) is 2.65. The third-order valence-electron chi connectivity index (χ3n) is 5.07. The Morgan fingerprint density at radius 3 is 2.82 bits per heavy atom. The van der Waals surface area contributed by atoms with Gasteiger partial charge in [0.2, 0.25) is 5.96 Å². The lowest BCUT2D eigenvalue weighted by atomic mass is 10.1. The van der Waals surface area contributed by atoms with Gasteiger partial charge in [0.05, 0.1) is 24.5 Å². The Morgan fingerprint density at radius 1 is 1.21 bits per heavy atom. The Bertz CT molecular complexity index is 887. The molecule has 2 aliphatic heterocycles. The van der Waals surface area contributed by atoms with Gasteiger partial charge in [0.15, 0.2) is 12.0 Å². The Kier molecular flexibility index (Phi) is 5.36. The highest BCUT2D eigenvalue weighted by atomic mass is 19.1. The van der Waals surface area contributed by atoms with Crippen molar-refractivity contribution in [1.82, 2.24) is 14.8 Å². The summed E-state index contributed by atoms with van der Waals surface area (Å²) in [5, 5.41) is 10.6. The molecule has 2 aliphatic rings. The topological polar surface area (TPSA) is 61.2 Å². The van der Waals surface area contributed by atoms with Crippen LogP contribution < -0.4 is 0 Å². The molecule has 1 aromatic heterocycles. The molecule has 0 amide bonds. The number of nitrogens with zero attached hydrogens (tertiary/aromatic N) is 4. The van der Waals surface area contributed by atoms with Gasteiger partial charge in [0, 0.05) is 32.0 Å². The molecule has 1 saturated heterocycles. The highest BCUT2D eigenvalue weighted by molar-refractivity contribution is 5.89. The van der Waals surface area contributed by atoms with Gasteiger partial charge < -0.3 is 19.6 Å². The number of aliphatic imine (C=N–C) groups is 1. The number of ether oxygens (including phenoxy) is 1. The van der Waals surface area contributed by atoms with Gasteiger partial charge in [-0.1, -0.05) is 30.3 Å². The first-order chi connectivity index (χ1) is 13.6. The van der Waals surface area contributed by atoms with Crippen molar-refractivity contribution < 1.29 is 14.2 Å². The van der Waals surface area contributed by atoms with E-state index in [-0.39, 0.29) is 6.04 Å². The molecule has 1 fully saturated rings. The number of aliphatic hydroxyl groups is 1. The van der Waals surface area contributed by atoms with Gasteiger partial charge >= 0.3 is 0 Å². The summed E-state index contributed by atoms with van der Waals surface area (Å²) in [6, 6.07) is 11.6. The van der Waals surface area contributed by atoms with Gasteiger partial charge in [-0.15, -0.1) is 0 Å². The van der Waals surface area contributed by atoms with E-state index in [1.165, 1.54) is 6.20 Å². The summed E-state index contributed by atoms with van der Waals surface area (Å²) < 4.78 is 20.1. The van der Waals surface area contributed by atoms with Crippen LogP contribution in [0.1, 0.15) is 23.6 Å². The number of benzene rings is 1. The van der Waals surface area contributed by atoms with Crippen molar-refractivity contribution in [2.75, 3.05) is 26.8 Å². The predicted molar refractivity (Wildman–Crippen MR) is 105 cm³/mol. The summed E-state index contributed by atoms with van der Waals surface area (Å²) in [6.07, 6.45) is 4.16. The van der Waals surface area contributed by atoms with Crippen LogP contribution in [0.4, 0.5) is 4.39 Å². The Labute approximate surface area is 163 Å². The van der Waals surface area contributed by atoms with Crippen LogP contribution in [-0.4, -0.2) is 58.9 Å². The monoisotopic (exact) mass is 382 g/mol. The van der Waals surface area contributed by atoms with E-state index >= 15 is 0 Å². The number of halogens is 1. The molecular weight excluding hydrogens is 359 g/mol. The molecule has 4 rings (SSSR count). The molecule has 146 valence electrons. The maximum absolute atomic E-state index is 14.3. The zero-order chi connectivity index (χ0) is 19.5. The van der Waals surface area contributed by atoms with E-state index in [9.17, 15) is 9.50 Å². The van der Waals surface area contributed by atoms with E-state index in [4.69, 9.17) is 9.73 Å². The normalized spacial score (nSPS) is 23.1. The Morgan fingerprint density at radius 2 is 2.04 bits per heavy atom. The quantitative estimate of drug-likeness (QED) is 0.865. The average Bonchev–Trinajstić information content (AvgIpc) is 2.97. The molecule has 0 spiro atoms. The van der Waals surface area contributed by atoms with E-state index in [2.05, 4.69) is 22.0 Å². The van der Waals surface area contributed by atoms with Crippen LogP contribution in [0.15, 0.2) is 59.9 Å². The van der Waals surface area contributed by atoms with Gasteiger partial charge in [-0.3, -0.25) is 4.98 Å². The molecule has 2 aromatic rings. The molecule has 0 saturated carbocycles. The minimum absolute atomic E-state index is 0.0428. The molecule has 2 atom stereocenters. The van der Waals surface area contributed by atoms with Crippen molar-refractivity contribution in [2.24, 2.45) is 4.99 Å². The van der Waals surface area contributed by atoms with Crippen molar-refractivity contribution in [3.8, 4) is 0 Å². The summed E-state index contributed by atoms with van der Waals surface area (Å²) >= 11 is 0. The lowest BCUT2D eigenvalue weighted by molar-refractivity contribution is 0.0868. The van der Waals surface area contributed by atoms with Gasteiger partial charge in [-0.05, 0) is 24.1 Å². The van der Waals surface area contributed by atoms with E-state index in [1.54, 1.807) is 24.1 Å². The van der Waals surface area contributed by atoms with Crippen molar-refractivity contribution >= 4 is 11.7 Å². The molecule has 0 aliphatic carbocycles. The Hall–Kier alpha value is -2.77. The first-order valence-electron chi connectivity index (χ1n) is 9.36. The van der Waals surface area contributed by atoms with Crippen LogP contribution in [0.3, 0.4) is 0 Å². The SMILES string of the molecule is CN1C(N2CCCOCC2c2ccccc2)=NC(c2ccncc2F)=CC1O. The van der Waals surface area contributed by atoms with Gasteiger partial charge in [-0.2, -0.15) is 0 Å². The molecular formula is C21H23FN4O2. The first kappa shape index (κ1) is 18.6. The summed E-state index contributed by atoms with van der Waals surface area (Å²) in [4.78, 5) is 12.4. The van der Waals surface area contributed by atoms with Crippen molar-refractivity contribution in [3.63, 3.8) is 0 Å². The maximum Gasteiger partial charge on any atom is 0.204 e. The van der Waals surface area contributed by atoms with Gasteiger partial charge in [-0.25, -0.2) is 9.38 Å². The van der Waals surface area contributed by atoms with E-state index in [1.807, 2.05) is 18.2 Å². The summed E-state index contributed by atoms with van der Waals surface area (Å²) in [5.74, 6) is 0.132. The fourth-order valence-corrected chi connectivity index (χ4v) is 3.56. The van der Waals surface area contributed by atoms with E-state index in [0.717, 1.165) is 24.7 Å². The molecule has 1 N–H and O–H groups in total. The second-order valence-corrected chi connectivity index (χ2v) is 6.89. The zero-order valence-electron chi connectivity index (χ0n) is 15.7. The van der Waals surface area contributed by atoms with Crippen molar-refractivity contribution in [3.05, 3.63) is 71.8 Å². The molecule has 2 unspecified atom stereocenters. The smallest absolute Gasteiger partial charge is 0.204 e. The summed E-state index contributed by atoms with van der Waals surface area (Å²) in [5.41, 5.74) is 1.83. The van der Waals surface area contributed by atoms with E-state index in [0.29, 0.717) is 30.4 Å². The molecule has 3 heterocycles. The second-order valence-electron chi connectivity index (χ2n) is 6.89. The maximum atomic E-state index is 14.3. The Balaban J connectivity index is 1.75. The standard InChI is InChI=1S/C21H23FN4O2/c1-25-20(27)12-18(16-8-9-23-13-17(16)22)24-21(25)26-10-5-11-28-14-19(26)15-6-3-2-4-7-15/h2-4,6-9,12-13,19-20,27H,5,10-11,14H2,1H3. The molecule has 7 heteroatoms. The van der Waals surface area contributed by atoms with Crippen LogP contribution in [0.2, 0.25) is 0 Å². The number of likely N-dealkylation sites (N-methyl/N-ethyl adjacent to an activating group) is 1. The highest BCUT2D eigenvalue weighted by Gasteiger charge is 2.32. The number of rotatable bonds is 2. The largest absolute Gasteiger partial charge is 0.379 e.